The van der Waals surface area contributed by atoms with Gasteiger partial charge in [-0.1, -0.05) is 42.0 Å². The average Bonchev–Trinajstić information content (AvgIpc) is 2.56. The first-order valence-corrected chi connectivity index (χ1v) is 7.51. The lowest BCUT2D eigenvalue weighted by Gasteiger charge is -2.18. The number of amides is 1. The molecule has 1 unspecified atom stereocenters. The number of rotatable bonds is 5. The van der Waals surface area contributed by atoms with E-state index in [2.05, 4.69) is 11.4 Å². The number of aryl methyl sites for hydroxylation is 2. The zero-order chi connectivity index (χ0) is 16.8. The van der Waals surface area contributed by atoms with Crippen molar-refractivity contribution in [2.45, 2.75) is 26.3 Å². The summed E-state index contributed by atoms with van der Waals surface area (Å²) in [6, 6.07) is 14.1. The highest BCUT2D eigenvalue weighted by molar-refractivity contribution is 5.96. The van der Waals surface area contributed by atoms with Crippen molar-refractivity contribution in [3.8, 4) is 0 Å². The van der Waals surface area contributed by atoms with Crippen molar-refractivity contribution in [1.29, 1.82) is 0 Å². The van der Waals surface area contributed by atoms with Gasteiger partial charge in [-0.05, 0) is 37.1 Å². The molecule has 0 aromatic heterocycles. The predicted octanol–water partition coefficient (Wildman–Crippen LogP) is 2.82. The lowest BCUT2D eigenvalue weighted by atomic mass is 9.99. The summed E-state index contributed by atoms with van der Waals surface area (Å²) < 4.78 is 4.83. The Morgan fingerprint density at radius 3 is 2.39 bits per heavy atom. The van der Waals surface area contributed by atoms with Gasteiger partial charge in [0.1, 0.15) is 6.04 Å². The van der Waals surface area contributed by atoms with Gasteiger partial charge in [0.25, 0.3) is 5.91 Å². The lowest BCUT2D eigenvalue weighted by Crippen LogP contribution is -2.43. The summed E-state index contributed by atoms with van der Waals surface area (Å²) in [6.45, 7) is 4.02. The number of ether oxygens (including phenoxy) is 1. The van der Waals surface area contributed by atoms with Crippen LogP contribution in [-0.2, 0) is 16.0 Å². The summed E-state index contributed by atoms with van der Waals surface area (Å²) in [5.74, 6) is -0.736. The van der Waals surface area contributed by atoms with Gasteiger partial charge < -0.3 is 10.1 Å². The van der Waals surface area contributed by atoms with Crippen LogP contribution in [0.25, 0.3) is 0 Å². The molecule has 0 bridgehead atoms. The standard InChI is InChI=1S/C19H21NO3/c1-13-9-10-16(14(2)11-13)12-17(19(22)23-3)20-18(21)15-7-5-4-6-8-15/h4-11,17H,12H2,1-3H3,(H,20,21). The Morgan fingerprint density at radius 2 is 1.78 bits per heavy atom. The molecule has 2 aromatic carbocycles. The number of carbonyl (C=O) groups excluding carboxylic acids is 2. The molecule has 0 radical (unpaired) electrons. The van der Waals surface area contributed by atoms with E-state index in [9.17, 15) is 9.59 Å². The molecule has 4 nitrogen and oxygen atoms in total. The minimum absolute atomic E-state index is 0.286. The van der Waals surface area contributed by atoms with E-state index in [4.69, 9.17) is 4.74 Å². The fourth-order valence-corrected chi connectivity index (χ4v) is 2.46. The van der Waals surface area contributed by atoms with Crippen molar-refractivity contribution in [1.82, 2.24) is 5.32 Å². The van der Waals surface area contributed by atoms with Gasteiger partial charge in [-0.25, -0.2) is 4.79 Å². The lowest BCUT2D eigenvalue weighted by molar-refractivity contribution is -0.142. The molecule has 0 spiro atoms. The Hall–Kier alpha value is -2.62. The first-order valence-electron chi connectivity index (χ1n) is 7.51. The number of carbonyl (C=O) groups is 2. The molecule has 4 heteroatoms. The van der Waals surface area contributed by atoms with Gasteiger partial charge in [0, 0.05) is 12.0 Å². The maximum atomic E-state index is 12.3. The van der Waals surface area contributed by atoms with E-state index in [1.807, 2.05) is 32.0 Å². The van der Waals surface area contributed by atoms with Crippen LogP contribution >= 0.6 is 0 Å². The Kier molecular flexibility index (Phi) is 5.52. The molecule has 1 amide bonds. The summed E-state index contributed by atoms with van der Waals surface area (Å²) in [5.41, 5.74) is 3.78. The van der Waals surface area contributed by atoms with Gasteiger partial charge in [-0.3, -0.25) is 4.79 Å². The van der Waals surface area contributed by atoms with E-state index in [1.54, 1.807) is 24.3 Å². The van der Waals surface area contributed by atoms with Gasteiger partial charge in [-0.2, -0.15) is 0 Å². The highest BCUT2D eigenvalue weighted by Crippen LogP contribution is 2.14. The Morgan fingerprint density at radius 1 is 1.09 bits per heavy atom. The molecule has 0 heterocycles. The normalized spacial score (nSPS) is 11.6. The third-order valence-corrected chi connectivity index (χ3v) is 3.75. The SMILES string of the molecule is COC(=O)C(Cc1ccc(C)cc1C)NC(=O)c1ccccc1. The molecule has 2 aromatic rings. The van der Waals surface area contributed by atoms with E-state index >= 15 is 0 Å². The first kappa shape index (κ1) is 16.7. The molecule has 1 N–H and O–H groups in total. The fraction of sp³-hybridized carbons (Fsp3) is 0.263. The summed E-state index contributed by atoms with van der Waals surface area (Å²) in [6.07, 6.45) is 0.400. The molecule has 0 aliphatic carbocycles. The van der Waals surface area contributed by atoms with Crippen LogP contribution in [0.5, 0.6) is 0 Å². The zero-order valence-electron chi connectivity index (χ0n) is 13.6. The van der Waals surface area contributed by atoms with E-state index in [1.165, 1.54) is 7.11 Å². The molecule has 120 valence electrons. The minimum atomic E-state index is -0.714. The number of hydrogen-bond donors (Lipinski definition) is 1. The minimum Gasteiger partial charge on any atom is -0.467 e. The first-order chi connectivity index (χ1) is 11.0. The largest absolute Gasteiger partial charge is 0.467 e. The van der Waals surface area contributed by atoms with Crippen LogP contribution in [0.4, 0.5) is 0 Å². The van der Waals surface area contributed by atoms with Crippen molar-refractivity contribution in [3.63, 3.8) is 0 Å². The van der Waals surface area contributed by atoms with Crippen LogP contribution < -0.4 is 5.32 Å². The van der Waals surface area contributed by atoms with Gasteiger partial charge in [-0.15, -0.1) is 0 Å². The second kappa shape index (κ2) is 7.58. The highest BCUT2D eigenvalue weighted by Gasteiger charge is 2.23. The van der Waals surface area contributed by atoms with Crippen molar-refractivity contribution in [3.05, 3.63) is 70.8 Å². The highest BCUT2D eigenvalue weighted by atomic mass is 16.5. The topological polar surface area (TPSA) is 55.4 Å². The molecule has 0 fully saturated rings. The summed E-state index contributed by atoms with van der Waals surface area (Å²) in [4.78, 5) is 24.3. The van der Waals surface area contributed by atoms with Crippen LogP contribution in [0.2, 0.25) is 0 Å². The quantitative estimate of drug-likeness (QED) is 0.864. The van der Waals surface area contributed by atoms with Gasteiger partial charge in [0.05, 0.1) is 7.11 Å². The molecular weight excluding hydrogens is 290 g/mol. The van der Waals surface area contributed by atoms with Gasteiger partial charge in [0.2, 0.25) is 0 Å². The van der Waals surface area contributed by atoms with Crippen LogP contribution in [0, 0.1) is 13.8 Å². The van der Waals surface area contributed by atoms with Crippen LogP contribution in [0.1, 0.15) is 27.0 Å². The Balaban J connectivity index is 2.17. The van der Waals surface area contributed by atoms with Crippen LogP contribution in [0.3, 0.4) is 0 Å². The summed E-state index contributed by atoms with van der Waals surface area (Å²) in [7, 11) is 1.33. The summed E-state index contributed by atoms with van der Waals surface area (Å²) >= 11 is 0. The monoisotopic (exact) mass is 311 g/mol. The number of methoxy groups -OCH3 is 1. The number of hydrogen-bond acceptors (Lipinski definition) is 3. The maximum Gasteiger partial charge on any atom is 0.328 e. The number of benzene rings is 2. The second-order valence-corrected chi connectivity index (χ2v) is 5.55. The van der Waals surface area contributed by atoms with Gasteiger partial charge >= 0.3 is 5.97 Å². The molecule has 2 rings (SSSR count). The molecular formula is C19H21NO3. The predicted molar refractivity (Wildman–Crippen MR) is 89.3 cm³/mol. The zero-order valence-corrected chi connectivity index (χ0v) is 13.6. The molecule has 0 aliphatic heterocycles. The Labute approximate surface area is 136 Å². The summed E-state index contributed by atoms with van der Waals surface area (Å²) in [5, 5.41) is 2.76. The number of esters is 1. The van der Waals surface area contributed by atoms with E-state index in [0.29, 0.717) is 12.0 Å². The van der Waals surface area contributed by atoms with Crippen molar-refractivity contribution >= 4 is 11.9 Å². The van der Waals surface area contributed by atoms with E-state index in [-0.39, 0.29) is 5.91 Å². The average molecular weight is 311 g/mol. The van der Waals surface area contributed by atoms with Crippen LogP contribution in [0.15, 0.2) is 48.5 Å². The van der Waals surface area contributed by atoms with Crippen molar-refractivity contribution in [2.24, 2.45) is 0 Å². The fourth-order valence-electron chi connectivity index (χ4n) is 2.46. The maximum absolute atomic E-state index is 12.3. The third kappa shape index (κ3) is 4.42. The third-order valence-electron chi connectivity index (χ3n) is 3.75. The molecule has 0 aliphatic rings. The number of nitrogens with one attached hydrogen (secondary N) is 1. The van der Waals surface area contributed by atoms with Crippen LogP contribution in [-0.4, -0.2) is 25.0 Å². The second-order valence-electron chi connectivity index (χ2n) is 5.55. The van der Waals surface area contributed by atoms with E-state index < -0.39 is 12.0 Å². The Bertz CT molecular complexity index is 695. The smallest absolute Gasteiger partial charge is 0.328 e. The molecule has 0 saturated heterocycles. The van der Waals surface area contributed by atoms with E-state index in [0.717, 1.165) is 16.7 Å². The molecule has 23 heavy (non-hydrogen) atoms. The van der Waals surface area contributed by atoms with Gasteiger partial charge in [0.15, 0.2) is 0 Å². The van der Waals surface area contributed by atoms with Crippen molar-refractivity contribution < 1.29 is 14.3 Å². The molecule has 1 atom stereocenters. The van der Waals surface area contributed by atoms with Crippen molar-refractivity contribution in [2.75, 3.05) is 7.11 Å². The molecule has 0 saturated carbocycles.